The minimum absolute atomic E-state index is 0.0314. The Labute approximate surface area is 151 Å². The molecule has 1 aliphatic heterocycles. The predicted molar refractivity (Wildman–Crippen MR) is 95.5 cm³/mol. The van der Waals surface area contributed by atoms with Crippen LogP contribution in [0.3, 0.4) is 0 Å². The van der Waals surface area contributed by atoms with Crippen molar-refractivity contribution in [2.75, 3.05) is 20.2 Å². The number of aryl methyl sites for hydroxylation is 1. The Bertz CT molecular complexity index is 763. The topological polar surface area (TPSA) is 67.6 Å². The number of rotatable bonds is 3. The summed E-state index contributed by atoms with van der Waals surface area (Å²) in [6.07, 6.45) is 2.07. The average Bonchev–Trinajstić information content (AvgIpc) is 3.28. The Kier molecular flexibility index (Phi) is 4.17. The van der Waals surface area contributed by atoms with Crippen molar-refractivity contribution in [2.45, 2.75) is 31.5 Å². The number of piperidine rings is 1. The number of thiophene rings is 1. The highest BCUT2D eigenvalue weighted by atomic mass is 32.1. The zero-order valence-corrected chi connectivity index (χ0v) is 15.3. The van der Waals surface area contributed by atoms with Gasteiger partial charge in [-0.15, -0.1) is 11.3 Å². The van der Waals surface area contributed by atoms with Crippen molar-refractivity contribution in [2.24, 2.45) is 12.5 Å². The minimum Gasteiger partial charge on any atom is -0.392 e. The first-order chi connectivity index (χ1) is 12.0. The van der Waals surface area contributed by atoms with Crippen LogP contribution in [-0.4, -0.2) is 58.1 Å². The van der Waals surface area contributed by atoms with E-state index >= 15 is 0 Å². The standard InChI is InChI=1S/C18H23N3O3S/c1-20-13(14-4-3-9-25-14)10-12(19-20)17(23)21-7-5-18(6-8-21)15(22)11-16(18)24-2/h3-4,9-10,15-16,22H,5-8,11H2,1-2H3/t15-,16+/m0/s1. The summed E-state index contributed by atoms with van der Waals surface area (Å²) in [6, 6.07) is 5.90. The third-order valence-electron chi connectivity index (χ3n) is 5.88. The van der Waals surface area contributed by atoms with Gasteiger partial charge in [0, 0.05) is 39.1 Å². The van der Waals surface area contributed by atoms with Gasteiger partial charge in [-0.2, -0.15) is 5.10 Å². The zero-order chi connectivity index (χ0) is 17.6. The summed E-state index contributed by atoms with van der Waals surface area (Å²) >= 11 is 1.64. The Balaban J connectivity index is 1.47. The van der Waals surface area contributed by atoms with Crippen molar-refractivity contribution in [3.63, 3.8) is 0 Å². The number of amides is 1. The smallest absolute Gasteiger partial charge is 0.274 e. The van der Waals surface area contributed by atoms with Crippen molar-refractivity contribution in [1.29, 1.82) is 0 Å². The van der Waals surface area contributed by atoms with E-state index in [9.17, 15) is 9.90 Å². The van der Waals surface area contributed by atoms with Crippen LogP contribution in [-0.2, 0) is 11.8 Å². The van der Waals surface area contributed by atoms with Crippen molar-refractivity contribution in [3.05, 3.63) is 29.3 Å². The summed E-state index contributed by atoms with van der Waals surface area (Å²) in [5.41, 5.74) is 1.28. The van der Waals surface area contributed by atoms with Crippen molar-refractivity contribution >= 4 is 17.2 Å². The molecule has 1 amide bonds. The van der Waals surface area contributed by atoms with Gasteiger partial charge in [-0.25, -0.2) is 0 Å². The molecule has 7 heteroatoms. The molecule has 2 aromatic rings. The summed E-state index contributed by atoms with van der Waals surface area (Å²) in [7, 11) is 3.57. The van der Waals surface area contributed by atoms with Gasteiger partial charge in [0.25, 0.3) is 5.91 Å². The first kappa shape index (κ1) is 16.8. The predicted octanol–water partition coefficient (Wildman–Crippen LogP) is 2.15. The molecule has 0 radical (unpaired) electrons. The molecular formula is C18H23N3O3S. The molecule has 1 spiro atoms. The lowest BCUT2D eigenvalue weighted by molar-refractivity contribution is -0.199. The lowest BCUT2D eigenvalue weighted by Crippen LogP contribution is -2.62. The van der Waals surface area contributed by atoms with E-state index < -0.39 is 0 Å². The van der Waals surface area contributed by atoms with Crippen molar-refractivity contribution < 1.29 is 14.6 Å². The number of hydrogen-bond donors (Lipinski definition) is 1. The fourth-order valence-corrected chi connectivity index (χ4v) is 5.00. The van der Waals surface area contributed by atoms with E-state index in [1.165, 1.54) is 0 Å². The summed E-state index contributed by atoms with van der Waals surface area (Å²) in [6.45, 7) is 1.28. The van der Waals surface area contributed by atoms with Crippen LogP contribution < -0.4 is 0 Å². The maximum atomic E-state index is 12.8. The van der Waals surface area contributed by atoms with Crippen molar-refractivity contribution in [1.82, 2.24) is 14.7 Å². The highest BCUT2D eigenvalue weighted by Gasteiger charge is 2.56. The molecule has 0 aromatic carbocycles. The molecule has 25 heavy (non-hydrogen) atoms. The molecule has 3 heterocycles. The molecule has 2 fully saturated rings. The third-order valence-corrected chi connectivity index (χ3v) is 6.77. The Morgan fingerprint density at radius 1 is 1.44 bits per heavy atom. The number of likely N-dealkylation sites (tertiary alicyclic amines) is 1. The van der Waals surface area contributed by atoms with Crippen LogP contribution in [0.2, 0.25) is 0 Å². The van der Waals surface area contributed by atoms with Gasteiger partial charge in [-0.1, -0.05) is 6.07 Å². The quantitative estimate of drug-likeness (QED) is 0.910. The molecule has 2 aromatic heterocycles. The lowest BCUT2D eigenvalue weighted by Gasteiger charge is -2.56. The Morgan fingerprint density at radius 3 is 2.80 bits per heavy atom. The van der Waals surface area contributed by atoms with Gasteiger partial charge in [-0.3, -0.25) is 9.48 Å². The van der Waals surface area contributed by atoms with E-state index in [2.05, 4.69) is 5.10 Å². The number of nitrogens with zero attached hydrogens (tertiary/aromatic N) is 3. The monoisotopic (exact) mass is 361 g/mol. The van der Waals surface area contributed by atoms with Gasteiger partial charge < -0.3 is 14.7 Å². The molecule has 1 N–H and O–H groups in total. The van der Waals surface area contributed by atoms with Gasteiger partial charge in [-0.05, 0) is 30.4 Å². The zero-order valence-electron chi connectivity index (χ0n) is 14.5. The molecule has 0 unspecified atom stereocenters. The van der Waals surface area contributed by atoms with E-state index in [0.29, 0.717) is 25.2 Å². The lowest BCUT2D eigenvalue weighted by atomic mass is 9.58. The van der Waals surface area contributed by atoms with Crippen LogP contribution in [0, 0.1) is 5.41 Å². The Hall–Kier alpha value is -1.70. The van der Waals surface area contributed by atoms with Gasteiger partial charge in [0.15, 0.2) is 5.69 Å². The molecule has 134 valence electrons. The highest BCUT2D eigenvalue weighted by molar-refractivity contribution is 7.13. The maximum Gasteiger partial charge on any atom is 0.274 e. The van der Waals surface area contributed by atoms with Gasteiger partial charge in [0.1, 0.15) is 0 Å². The van der Waals surface area contributed by atoms with Crippen LogP contribution in [0.4, 0.5) is 0 Å². The number of aliphatic hydroxyl groups excluding tert-OH is 1. The molecule has 1 aliphatic carbocycles. The molecule has 1 saturated carbocycles. The fraction of sp³-hybridized carbons (Fsp3) is 0.556. The average molecular weight is 361 g/mol. The van der Waals surface area contributed by atoms with Crippen LogP contribution in [0.5, 0.6) is 0 Å². The van der Waals surface area contributed by atoms with E-state index in [1.54, 1.807) is 23.1 Å². The summed E-state index contributed by atoms with van der Waals surface area (Å²) < 4.78 is 7.28. The van der Waals surface area contributed by atoms with Gasteiger partial charge in [0.05, 0.1) is 22.8 Å². The van der Waals surface area contributed by atoms with Crippen LogP contribution in [0.15, 0.2) is 23.6 Å². The van der Waals surface area contributed by atoms with Crippen LogP contribution >= 0.6 is 11.3 Å². The second-order valence-corrected chi connectivity index (χ2v) is 7.96. The fourth-order valence-electron chi connectivity index (χ4n) is 4.23. The second kappa shape index (κ2) is 6.23. The molecule has 2 aliphatic rings. The normalized spacial score (nSPS) is 25.2. The van der Waals surface area contributed by atoms with E-state index in [4.69, 9.17) is 4.74 Å². The largest absolute Gasteiger partial charge is 0.392 e. The number of hydrogen-bond acceptors (Lipinski definition) is 5. The van der Waals surface area contributed by atoms with Crippen LogP contribution in [0.25, 0.3) is 10.6 Å². The van der Waals surface area contributed by atoms with Crippen LogP contribution in [0.1, 0.15) is 29.8 Å². The van der Waals surface area contributed by atoms with E-state index in [-0.39, 0.29) is 23.5 Å². The summed E-state index contributed by atoms with van der Waals surface area (Å²) in [5.74, 6) is -0.0314. The molecule has 2 atom stereocenters. The number of aromatic nitrogens is 2. The molecular weight excluding hydrogens is 338 g/mol. The van der Waals surface area contributed by atoms with Gasteiger partial charge >= 0.3 is 0 Å². The highest BCUT2D eigenvalue weighted by Crippen LogP contribution is 2.50. The molecule has 4 rings (SSSR count). The maximum absolute atomic E-state index is 12.8. The SMILES string of the molecule is CO[C@@H]1C[C@H](O)C12CCN(C(=O)c1cc(-c3cccs3)n(C)n1)CC2. The number of carbonyl (C=O) groups is 1. The number of carbonyl (C=O) groups excluding carboxylic acids is 1. The molecule has 1 saturated heterocycles. The second-order valence-electron chi connectivity index (χ2n) is 7.02. The van der Waals surface area contributed by atoms with Crippen molar-refractivity contribution in [3.8, 4) is 10.6 Å². The third kappa shape index (κ3) is 2.61. The first-order valence-corrected chi connectivity index (χ1v) is 9.51. The summed E-state index contributed by atoms with van der Waals surface area (Å²) in [5, 5.41) is 16.6. The van der Waals surface area contributed by atoms with E-state index in [0.717, 1.165) is 23.4 Å². The first-order valence-electron chi connectivity index (χ1n) is 8.63. The van der Waals surface area contributed by atoms with Gasteiger partial charge in [0.2, 0.25) is 0 Å². The number of aliphatic hydroxyl groups is 1. The number of ether oxygens (including phenoxy) is 1. The molecule has 0 bridgehead atoms. The minimum atomic E-state index is -0.310. The Morgan fingerprint density at radius 2 is 2.20 bits per heavy atom. The number of methoxy groups -OCH3 is 1. The molecule has 6 nitrogen and oxygen atoms in total. The summed E-state index contributed by atoms with van der Waals surface area (Å²) in [4.78, 5) is 15.8. The van der Waals surface area contributed by atoms with E-state index in [1.807, 2.05) is 35.5 Å².